The standard InChI is InChI=1S/C6H12O2.Na/c1-2-3-4-5-6(7)8;/h2-5H2,1H3,(H,7,8);/q;+1/p-1/i2D2;. The molecule has 0 amide bonds. The van der Waals surface area contributed by atoms with Crippen LogP contribution in [0.25, 0.3) is 0 Å². The normalized spacial score (nSPS) is 13.0. The van der Waals surface area contributed by atoms with Crippen molar-refractivity contribution in [3.05, 3.63) is 0 Å². The Kier molecular flexibility index (Phi) is 7.13. The summed E-state index contributed by atoms with van der Waals surface area (Å²) in [5, 5.41) is 9.85. The van der Waals surface area contributed by atoms with E-state index in [0.29, 0.717) is 6.42 Å². The third-order valence-corrected chi connectivity index (χ3v) is 0.808. The zero-order chi connectivity index (χ0) is 8.20. The van der Waals surface area contributed by atoms with Crippen molar-refractivity contribution in [1.82, 2.24) is 0 Å². The maximum Gasteiger partial charge on any atom is 1.00 e. The quantitative estimate of drug-likeness (QED) is 0.399. The van der Waals surface area contributed by atoms with Crippen molar-refractivity contribution in [2.75, 3.05) is 0 Å². The topological polar surface area (TPSA) is 40.1 Å². The van der Waals surface area contributed by atoms with Gasteiger partial charge in [-0.15, -0.1) is 0 Å². The molecular weight excluding hydrogens is 127 g/mol. The van der Waals surface area contributed by atoms with Gasteiger partial charge in [0, 0.05) is 8.71 Å². The van der Waals surface area contributed by atoms with Crippen LogP contribution in [0.1, 0.15) is 35.3 Å². The Hall–Kier alpha value is 0.470. The van der Waals surface area contributed by atoms with E-state index in [1.54, 1.807) is 0 Å². The molecule has 0 aliphatic heterocycles. The molecule has 0 aromatic carbocycles. The van der Waals surface area contributed by atoms with Crippen molar-refractivity contribution in [2.45, 2.75) is 32.6 Å². The van der Waals surface area contributed by atoms with E-state index in [9.17, 15) is 9.90 Å². The van der Waals surface area contributed by atoms with Gasteiger partial charge in [0.25, 0.3) is 0 Å². The average Bonchev–Trinajstić information content (AvgIpc) is 1.59. The van der Waals surface area contributed by atoms with Crippen LogP contribution in [0.4, 0.5) is 0 Å². The molecule has 9 heavy (non-hydrogen) atoms. The van der Waals surface area contributed by atoms with Crippen LogP contribution in [0.2, 0.25) is 0 Å². The smallest absolute Gasteiger partial charge is 0.550 e. The molecule has 0 heterocycles. The van der Waals surface area contributed by atoms with Crippen molar-refractivity contribution in [1.29, 1.82) is 0 Å². The molecule has 0 aromatic heterocycles. The summed E-state index contributed by atoms with van der Waals surface area (Å²) in [6, 6.07) is 0. The first-order valence-electron chi connectivity index (χ1n) is 3.62. The van der Waals surface area contributed by atoms with Crippen molar-refractivity contribution in [2.24, 2.45) is 0 Å². The molecule has 0 saturated carbocycles. The summed E-state index contributed by atoms with van der Waals surface area (Å²) in [7, 11) is 0. The summed E-state index contributed by atoms with van der Waals surface area (Å²) < 4.78 is 14.1. The second kappa shape index (κ2) is 8.47. The molecule has 0 spiro atoms. The SMILES string of the molecule is [2H]C([2H])(C)CCCC(=O)[O-].[Na+]. The Balaban J connectivity index is 0. The first-order valence-corrected chi connectivity index (χ1v) is 2.62. The molecule has 2 nitrogen and oxygen atoms in total. The second-order valence-corrected chi connectivity index (χ2v) is 1.58. The Labute approximate surface area is 80.7 Å². The third-order valence-electron chi connectivity index (χ3n) is 0.808. The van der Waals surface area contributed by atoms with E-state index in [4.69, 9.17) is 2.74 Å². The van der Waals surface area contributed by atoms with Crippen LogP contribution in [0.15, 0.2) is 0 Å². The van der Waals surface area contributed by atoms with Crippen LogP contribution in [0, 0.1) is 0 Å². The van der Waals surface area contributed by atoms with Gasteiger partial charge in [0.05, 0.1) is 0 Å². The van der Waals surface area contributed by atoms with Gasteiger partial charge in [0.15, 0.2) is 0 Å². The number of carboxylic acids is 1. The fourth-order valence-electron chi connectivity index (χ4n) is 0.410. The molecule has 0 unspecified atom stereocenters. The van der Waals surface area contributed by atoms with Crippen LogP contribution < -0.4 is 34.7 Å². The predicted octanol–water partition coefficient (Wildman–Crippen LogP) is -2.68. The van der Waals surface area contributed by atoms with Crippen LogP contribution in [0.5, 0.6) is 0 Å². The molecule has 0 saturated heterocycles. The Morgan fingerprint density at radius 1 is 1.67 bits per heavy atom. The van der Waals surface area contributed by atoms with Crippen molar-refractivity contribution in [3.63, 3.8) is 0 Å². The molecule has 3 heteroatoms. The van der Waals surface area contributed by atoms with Gasteiger partial charge in [-0.05, 0) is 12.8 Å². The van der Waals surface area contributed by atoms with Crippen molar-refractivity contribution in [3.8, 4) is 0 Å². The van der Waals surface area contributed by atoms with Crippen LogP contribution >= 0.6 is 0 Å². The maximum absolute atomic E-state index is 9.85. The van der Waals surface area contributed by atoms with Gasteiger partial charge < -0.3 is 9.90 Å². The Morgan fingerprint density at radius 2 is 2.22 bits per heavy atom. The average molecular weight is 140 g/mol. The summed E-state index contributed by atoms with van der Waals surface area (Å²) in [6.07, 6.45) is -0.671. The zero-order valence-corrected chi connectivity index (χ0v) is 7.94. The van der Waals surface area contributed by atoms with Gasteiger partial charge >= 0.3 is 29.6 Å². The number of rotatable bonds is 4. The fourth-order valence-corrected chi connectivity index (χ4v) is 0.410. The summed E-state index contributed by atoms with van der Waals surface area (Å²) in [5.41, 5.74) is 0. The number of carboxylic acid groups (broad SMARTS) is 1. The van der Waals surface area contributed by atoms with Gasteiger partial charge in [-0.25, -0.2) is 0 Å². The zero-order valence-electron chi connectivity index (χ0n) is 7.94. The Bertz CT molecular complexity index is 122. The molecule has 0 fully saturated rings. The van der Waals surface area contributed by atoms with Gasteiger partial charge in [-0.2, -0.15) is 0 Å². The number of carbonyl (C=O) groups excluding carboxylic acids is 1. The van der Waals surface area contributed by atoms with E-state index < -0.39 is 12.3 Å². The molecule has 0 atom stereocenters. The number of hydrogen-bond donors (Lipinski definition) is 0. The molecule has 0 N–H and O–H groups in total. The van der Waals surface area contributed by atoms with E-state index in [1.165, 1.54) is 6.92 Å². The molecule has 48 valence electrons. The summed E-state index contributed by atoms with van der Waals surface area (Å²) >= 11 is 0. The Morgan fingerprint density at radius 3 is 2.56 bits per heavy atom. The minimum Gasteiger partial charge on any atom is -0.550 e. The molecular formula is C6H11NaO2. The van der Waals surface area contributed by atoms with E-state index >= 15 is 0 Å². The molecule has 0 bridgehead atoms. The van der Waals surface area contributed by atoms with E-state index in [1.807, 2.05) is 0 Å². The molecule has 0 radical (unpaired) electrons. The van der Waals surface area contributed by atoms with Crippen LogP contribution in [-0.4, -0.2) is 5.97 Å². The second-order valence-electron chi connectivity index (χ2n) is 1.58. The molecule has 0 aliphatic rings. The third kappa shape index (κ3) is 11.8. The van der Waals surface area contributed by atoms with Gasteiger partial charge in [0.1, 0.15) is 0 Å². The molecule has 0 aliphatic carbocycles. The van der Waals surface area contributed by atoms with E-state index in [-0.39, 0.29) is 42.4 Å². The minimum atomic E-state index is -1.25. The monoisotopic (exact) mass is 140 g/mol. The first kappa shape index (κ1) is 7.58. The van der Waals surface area contributed by atoms with Crippen LogP contribution in [-0.2, 0) is 4.79 Å². The largest absolute Gasteiger partial charge is 1.00 e. The first-order chi connectivity index (χ1) is 4.42. The summed E-state index contributed by atoms with van der Waals surface area (Å²) in [4.78, 5) is 9.85. The fraction of sp³-hybridized carbons (Fsp3) is 0.833. The van der Waals surface area contributed by atoms with E-state index in [0.717, 1.165) is 0 Å². The summed E-state index contributed by atoms with van der Waals surface area (Å²) in [6.45, 7) is 1.43. The van der Waals surface area contributed by atoms with E-state index in [2.05, 4.69) is 0 Å². The van der Waals surface area contributed by atoms with Crippen molar-refractivity contribution < 1.29 is 42.2 Å². The number of carbonyl (C=O) groups is 1. The minimum absolute atomic E-state index is 0. The predicted molar refractivity (Wildman–Crippen MR) is 29.1 cm³/mol. The van der Waals surface area contributed by atoms with Gasteiger partial charge in [-0.1, -0.05) is 19.7 Å². The van der Waals surface area contributed by atoms with Gasteiger partial charge in [0.2, 0.25) is 0 Å². The number of hydrogen-bond acceptors (Lipinski definition) is 2. The summed E-state index contributed by atoms with van der Waals surface area (Å²) in [5.74, 6) is -1.11. The van der Waals surface area contributed by atoms with Crippen LogP contribution in [0.3, 0.4) is 0 Å². The van der Waals surface area contributed by atoms with Crippen molar-refractivity contribution >= 4 is 5.97 Å². The molecule has 0 rings (SSSR count). The molecule has 0 aromatic rings. The van der Waals surface area contributed by atoms with Gasteiger partial charge in [-0.3, -0.25) is 0 Å². The maximum atomic E-state index is 9.85. The number of aliphatic carboxylic acids is 1.